The lowest BCUT2D eigenvalue weighted by molar-refractivity contribution is -0.123. The number of allylic oxidation sites excluding steroid dienone is 3. The lowest BCUT2D eigenvalue weighted by atomic mass is 9.90. The summed E-state index contributed by atoms with van der Waals surface area (Å²) < 4.78 is 0. The maximum absolute atomic E-state index is 11.3. The molecule has 0 heterocycles. The zero-order valence-electron chi connectivity index (χ0n) is 8.55. The van der Waals surface area contributed by atoms with E-state index in [9.17, 15) is 4.79 Å². The monoisotopic (exact) mass is 179 g/mol. The average molecular weight is 179 g/mol. The van der Waals surface area contributed by atoms with E-state index in [-0.39, 0.29) is 11.8 Å². The van der Waals surface area contributed by atoms with Crippen molar-refractivity contribution in [3.63, 3.8) is 0 Å². The molecule has 0 aromatic carbocycles. The molecule has 0 saturated heterocycles. The molecule has 0 spiro atoms. The highest BCUT2D eigenvalue weighted by atomic mass is 16.1. The van der Waals surface area contributed by atoms with Crippen LogP contribution in [0.4, 0.5) is 0 Å². The minimum atomic E-state index is 0.0225. The van der Waals surface area contributed by atoms with Gasteiger partial charge in [0.1, 0.15) is 0 Å². The fourth-order valence-corrected chi connectivity index (χ4v) is 1.50. The number of carbonyl (C=O) groups excluding carboxylic acids is 1. The van der Waals surface area contributed by atoms with Crippen molar-refractivity contribution >= 4 is 5.91 Å². The largest absolute Gasteiger partial charge is 0.359 e. The molecule has 0 aromatic rings. The number of nitrogens with one attached hydrogen (secondary N) is 1. The predicted octanol–water partition coefficient (Wildman–Crippen LogP) is 2.04. The van der Waals surface area contributed by atoms with Crippen LogP contribution in [0.5, 0.6) is 0 Å². The molecular weight excluding hydrogens is 162 g/mol. The van der Waals surface area contributed by atoms with Gasteiger partial charge in [0.15, 0.2) is 0 Å². The molecule has 2 heteroatoms. The highest BCUT2D eigenvalue weighted by Crippen LogP contribution is 2.23. The molecule has 1 aliphatic rings. The molecule has 0 bridgehead atoms. The summed E-state index contributed by atoms with van der Waals surface area (Å²) in [7, 11) is 1.68. The van der Waals surface area contributed by atoms with Crippen LogP contribution in [0.15, 0.2) is 23.3 Å². The van der Waals surface area contributed by atoms with E-state index in [1.807, 2.05) is 6.92 Å². The van der Waals surface area contributed by atoms with Gasteiger partial charge in [-0.3, -0.25) is 4.79 Å². The van der Waals surface area contributed by atoms with Crippen molar-refractivity contribution in [1.82, 2.24) is 5.32 Å². The van der Waals surface area contributed by atoms with Gasteiger partial charge in [-0.1, -0.05) is 23.3 Å². The summed E-state index contributed by atoms with van der Waals surface area (Å²) in [5.74, 6) is 0.133. The first kappa shape index (κ1) is 10.0. The quantitative estimate of drug-likeness (QED) is 0.690. The third-order valence-electron chi connectivity index (χ3n) is 2.59. The lowest BCUT2D eigenvalue weighted by Gasteiger charge is -2.17. The Morgan fingerprint density at radius 2 is 2.15 bits per heavy atom. The normalized spacial score (nSPS) is 18.7. The minimum absolute atomic E-state index is 0.0225. The highest BCUT2D eigenvalue weighted by Gasteiger charge is 2.17. The molecule has 72 valence electrons. The zero-order valence-corrected chi connectivity index (χ0v) is 8.55. The summed E-state index contributed by atoms with van der Waals surface area (Å²) in [5, 5.41) is 2.67. The van der Waals surface area contributed by atoms with Crippen LogP contribution >= 0.6 is 0 Å². The van der Waals surface area contributed by atoms with Gasteiger partial charge in [-0.2, -0.15) is 0 Å². The van der Waals surface area contributed by atoms with Crippen molar-refractivity contribution in [2.45, 2.75) is 26.7 Å². The van der Waals surface area contributed by atoms with Crippen LogP contribution in [-0.2, 0) is 4.79 Å². The van der Waals surface area contributed by atoms with Crippen molar-refractivity contribution in [2.24, 2.45) is 5.92 Å². The number of hydrogen-bond donors (Lipinski definition) is 1. The number of carbonyl (C=O) groups is 1. The fraction of sp³-hybridized carbons (Fsp3) is 0.545. The van der Waals surface area contributed by atoms with E-state index >= 15 is 0 Å². The van der Waals surface area contributed by atoms with Crippen LogP contribution in [0.25, 0.3) is 0 Å². The van der Waals surface area contributed by atoms with Crippen molar-refractivity contribution < 1.29 is 4.79 Å². The zero-order chi connectivity index (χ0) is 9.84. The van der Waals surface area contributed by atoms with Gasteiger partial charge >= 0.3 is 0 Å². The minimum Gasteiger partial charge on any atom is -0.359 e. The van der Waals surface area contributed by atoms with Crippen LogP contribution in [0.2, 0.25) is 0 Å². The maximum atomic E-state index is 11.3. The smallest absolute Gasteiger partial charge is 0.226 e. The van der Waals surface area contributed by atoms with E-state index in [2.05, 4.69) is 24.4 Å². The van der Waals surface area contributed by atoms with Crippen molar-refractivity contribution in [3.05, 3.63) is 23.3 Å². The van der Waals surface area contributed by atoms with E-state index in [1.54, 1.807) is 7.05 Å². The molecule has 0 saturated carbocycles. The molecule has 2 nitrogen and oxygen atoms in total. The summed E-state index contributed by atoms with van der Waals surface area (Å²) in [6.45, 7) is 4.08. The predicted molar refractivity (Wildman–Crippen MR) is 54.3 cm³/mol. The van der Waals surface area contributed by atoms with Gasteiger partial charge in [-0.05, 0) is 26.7 Å². The van der Waals surface area contributed by atoms with Crippen LogP contribution < -0.4 is 5.32 Å². The second kappa shape index (κ2) is 4.26. The Bertz CT molecular complexity index is 263. The van der Waals surface area contributed by atoms with Crippen LogP contribution in [0.3, 0.4) is 0 Å². The number of amides is 1. The van der Waals surface area contributed by atoms with Gasteiger partial charge in [-0.15, -0.1) is 0 Å². The summed E-state index contributed by atoms with van der Waals surface area (Å²) in [4.78, 5) is 11.3. The molecule has 1 rings (SSSR count). The van der Waals surface area contributed by atoms with Crippen LogP contribution in [0.1, 0.15) is 26.7 Å². The van der Waals surface area contributed by atoms with Gasteiger partial charge in [0, 0.05) is 7.05 Å². The van der Waals surface area contributed by atoms with Crippen molar-refractivity contribution in [1.29, 1.82) is 0 Å². The Morgan fingerprint density at radius 1 is 1.46 bits per heavy atom. The average Bonchev–Trinajstić information content (AvgIpc) is 2.17. The number of hydrogen-bond acceptors (Lipinski definition) is 1. The molecule has 0 fully saturated rings. The van der Waals surface area contributed by atoms with Gasteiger partial charge in [-0.25, -0.2) is 0 Å². The molecule has 13 heavy (non-hydrogen) atoms. The first-order valence-corrected chi connectivity index (χ1v) is 4.73. The molecule has 0 aromatic heterocycles. The molecule has 1 unspecified atom stereocenters. The Labute approximate surface area is 79.7 Å². The Morgan fingerprint density at radius 3 is 2.62 bits per heavy atom. The molecular formula is C11H17NO. The Balaban J connectivity index is 2.68. The summed E-state index contributed by atoms with van der Waals surface area (Å²) >= 11 is 0. The summed E-state index contributed by atoms with van der Waals surface area (Å²) in [6, 6.07) is 0. The van der Waals surface area contributed by atoms with E-state index in [1.165, 1.54) is 11.1 Å². The van der Waals surface area contributed by atoms with E-state index in [0.29, 0.717) is 0 Å². The number of rotatable bonds is 2. The summed E-state index contributed by atoms with van der Waals surface area (Å²) in [5.41, 5.74) is 2.64. The molecule has 0 radical (unpaired) electrons. The SMILES string of the molecule is CNC(=O)C(C)C1=CC=C(C)CC1. The molecule has 1 amide bonds. The lowest BCUT2D eigenvalue weighted by Crippen LogP contribution is -2.26. The first-order chi connectivity index (χ1) is 6.15. The van der Waals surface area contributed by atoms with Gasteiger partial charge < -0.3 is 5.32 Å². The fourth-order valence-electron chi connectivity index (χ4n) is 1.50. The van der Waals surface area contributed by atoms with Crippen molar-refractivity contribution in [2.75, 3.05) is 7.05 Å². The third-order valence-corrected chi connectivity index (χ3v) is 2.59. The summed E-state index contributed by atoms with van der Waals surface area (Å²) in [6.07, 6.45) is 6.31. The topological polar surface area (TPSA) is 29.1 Å². The van der Waals surface area contributed by atoms with Crippen LogP contribution in [0, 0.1) is 5.92 Å². The highest BCUT2D eigenvalue weighted by molar-refractivity contribution is 5.80. The Hall–Kier alpha value is -1.05. The van der Waals surface area contributed by atoms with Crippen LogP contribution in [-0.4, -0.2) is 13.0 Å². The molecule has 0 aliphatic heterocycles. The van der Waals surface area contributed by atoms with Crippen molar-refractivity contribution in [3.8, 4) is 0 Å². The second-order valence-electron chi connectivity index (χ2n) is 3.59. The Kier molecular flexibility index (Phi) is 3.29. The third kappa shape index (κ3) is 2.44. The van der Waals surface area contributed by atoms with E-state index in [0.717, 1.165) is 12.8 Å². The van der Waals surface area contributed by atoms with Gasteiger partial charge in [0.25, 0.3) is 0 Å². The van der Waals surface area contributed by atoms with Gasteiger partial charge in [0.05, 0.1) is 5.92 Å². The standard InChI is InChI=1S/C11H17NO/c1-8-4-6-10(7-5-8)9(2)11(13)12-3/h4,6,9H,5,7H2,1-3H3,(H,12,13). The van der Waals surface area contributed by atoms with E-state index in [4.69, 9.17) is 0 Å². The molecule has 1 atom stereocenters. The van der Waals surface area contributed by atoms with Gasteiger partial charge in [0.2, 0.25) is 5.91 Å². The maximum Gasteiger partial charge on any atom is 0.226 e. The first-order valence-electron chi connectivity index (χ1n) is 4.73. The molecule has 1 N–H and O–H groups in total. The molecule has 1 aliphatic carbocycles. The van der Waals surface area contributed by atoms with E-state index < -0.39 is 0 Å². The second-order valence-corrected chi connectivity index (χ2v) is 3.59.